The number of rotatable bonds is 8. The molecule has 0 saturated carbocycles. The van der Waals surface area contributed by atoms with E-state index in [9.17, 15) is 9.59 Å². The number of nitrogens with two attached hydrogens (primary N) is 2. The fraction of sp³-hybridized carbons (Fsp3) is 0.600. The van der Waals surface area contributed by atoms with Crippen molar-refractivity contribution in [1.29, 1.82) is 0 Å². The van der Waals surface area contributed by atoms with Crippen LogP contribution in [0.3, 0.4) is 0 Å². The number of nitrogens with zero attached hydrogens (tertiary/aromatic N) is 1. The predicted octanol–water partition coefficient (Wildman–Crippen LogP) is 0.952. The lowest BCUT2D eigenvalue weighted by molar-refractivity contribution is -0.125. The lowest BCUT2D eigenvalue weighted by Gasteiger charge is -2.29. The minimum atomic E-state index is -0.675. The largest absolute Gasteiger partial charge is 0.369 e. The zero-order valence-corrected chi connectivity index (χ0v) is 12.4. The lowest BCUT2D eigenvalue weighted by Crippen LogP contribution is -2.37. The van der Waals surface area contributed by atoms with E-state index in [1.807, 2.05) is 0 Å². The van der Waals surface area contributed by atoms with Crippen LogP contribution in [0.25, 0.3) is 0 Å². The first-order valence-corrected chi connectivity index (χ1v) is 7.16. The summed E-state index contributed by atoms with van der Waals surface area (Å²) < 4.78 is 0. The molecule has 0 fully saturated rings. The number of primary amides is 2. The minimum Gasteiger partial charge on any atom is -0.369 e. The first-order valence-electron chi connectivity index (χ1n) is 7.16. The van der Waals surface area contributed by atoms with Gasteiger partial charge in [0.1, 0.15) is 0 Å². The second-order valence-corrected chi connectivity index (χ2v) is 5.21. The molecule has 0 heterocycles. The Hall–Kier alpha value is -1.62. The third kappa shape index (κ3) is 3.93. The highest BCUT2D eigenvalue weighted by molar-refractivity contribution is 5.96. The van der Waals surface area contributed by atoms with Crippen molar-refractivity contribution in [2.45, 2.75) is 33.1 Å². The number of amides is 2. The van der Waals surface area contributed by atoms with Crippen LogP contribution in [0, 0.1) is 5.41 Å². The third-order valence-corrected chi connectivity index (χ3v) is 4.04. The van der Waals surface area contributed by atoms with Crippen LogP contribution < -0.4 is 11.5 Å². The second kappa shape index (κ2) is 7.24. The SMILES string of the molecule is CCN(CC)CCCC1(C(N)=O)C=CC(C(N)=O)=CC1. The van der Waals surface area contributed by atoms with E-state index in [2.05, 4.69) is 18.7 Å². The molecule has 5 nitrogen and oxygen atoms in total. The summed E-state index contributed by atoms with van der Waals surface area (Å²) in [5.41, 5.74) is 10.6. The van der Waals surface area contributed by atoms with Gasteiger partial charge in [-0.05, 0) is 38.9 Å². The Morgan fingerprint density at radius 1 is 1.30 bits per heavy atom. The number of carbonyl (C=O) groups excluding carboxylic acids is 2. The molecule has 0 aromatic rings. The molecule has 1 aliphatic carbocycles. The summed E-state index contributed by atoms with van der Waals surface area (Å²) in [5, 5.41) is 0. The van der Waals surface area contributed by atoms with E-state index >= 15 is 0 Å². The normalized spacial score (nSPS) is 21.9. The Bertz CT molecular complexity index is 425. The molecule has 20 heavy (non-hydrogen) atoms. The van der Waals surface area contributed by atoms with Crippen molar-refractivity contribution >= 4 is 11.8 Å². The topological polar surface area (TPSA) is 89.4 Å². The summed E-state index contributed by atoms with van der Waals surface area (Å²) in [6, 6.07) is 0. The number of allylic oxidation sites excluding steroid dienone is 1. The molecule has 0 aliphatic heterocycles. The maximum Gasteiger partial charge on any atom is 0.248 e. The van der Waals surface area contributed by atoms with Crippen LogP contribution in [0.5, 0.6) is 0 Å². The van der Waals surface area contributed by atoms with E-state index in [1.54, 1.807) is 18.2 Å². The van der Waals surface area contributed by atoms with Gasteiger partial charge in [-0.3, -0.25) is 9.59 Å². The molecule has 0 aromatic heterocycles. The lowest BCUT2D eigenvalue weighted by atomic mass is 9.75. The molecular weight excluding hydrogens is 254 g/mol. The van der Waals surface area contributed by atoms with Crippen LogP contribution >= 0.6 is 0 Å². The molecule has 5 heteroatoms. The van der Waals surface area contributed by atoms with Crippen molar-refractivity contribution in [3.63, 3.8) is 0 Å². The van der Waals surface area contributed by atoms with Crippen molar-refractivity contribution in [2.75, 3.05) is 19.6 Å². The van der Waals surface area contributed by atoms with Crippen molar-refractivity contribution < 1.29 is 9.59 Å². The van der Waals surface area contributed by atoms with Gasteiger partial charge in [0.25, 0.3) is 0 Å². The second-order valence-electron chi connectivity index (χ2n) is 5.21. The average molecular weight is 279 g/mol. The molecule has 0 spiro atoms. The van der Waals surface area contributed by atoms with E-state index in [1.165, 1.54) is 0 Å². The van der Waals surface area contributed by atoms with Gasteiger partial charge in [0.05, 0.1) is 5.41 Å². The smallest absolute Gasteiger partial charge is 0.248 e. The summed E-state index contributed by atoms with van der Waals surface area (Å²) in [6.07, 6.45) is 7.12. The quantitative estimate of drug-likeness (QED) is 0.693. The molecule has 1 unspecified atom stereocenters. The molecule has 1 rings (SSSR count). The van der Waals surface area contributed by atoms with Gasteiger partial charge in [-0.2, -0.15) is 0 Å². The first-order chi connectivity index (χ1) is 9.45. The summed E-state index contributed by atoms with van der Waals surface area (Å²) in [4.78, 5) is 25.2. The fourth-order valence-corrected chi connectivity index (χ4v) is 2.51. The van der Waals surface area contributed by atoms with Gasteiger partial charge in [-0.15, -0.1) is 0 Å². The highest BCUT2D eigenvalue weighted by atomic mass is 16.1. The molecule has 112 valence electrons. The van der Waals surface area contributed by atoms with Crippen molar-refractivity contribution in [2.24, 2.45) is 16.9 Å². The van der Waals surface area contributed by atoms with E-state index < -0.39 is 11.3 Å². The van der Waals surface area contributed by atoms with Gasteiger partial charge in [0, 0.05) is 5.57 Å². The predicted molar refractivity (Wildman–Crippen MR) is 79.7 cm³/mol. The van der Waals surface area contributed by atoms with Crippen LogP contribution in [0.1, 0.15) is 33.1 Å². The zero-order valence-electron chi connectivity index (χ0n) is 12.4. The average Bonchev–Trinajstić information content (AvgIpc) is 2.44. The summed E-state index contributed by atoms with van der Waals surface area (Å²) >= 11 is 0. The van der Waals surface area contributed by atoms with E-state index in [-0.39, 0.29) is 5.91 Å². The maximum atomic E-state index is 11.8. The summed E-state index contributed by atoms with van der Waals surface area (Å²) in [7, 11) is 0. The number of hydrogen-bond donors (Lipinski definition) is 2. The van der Waals surface area contributed by atoms with Crippen LogP contribution in [0.15, 0.2) is 23.8 Å². The zero-order chi connectivity index (χ0) is 15.2. The van der Waals surface area contributed by atoms with Gasteiger partial charge in [0.2, 0.25) is 11.8 Å². The van der Waals surface area contributed by atoms with Gasteiger partial charge >= 0.3 is 0 Å². The van der Waals surface area contributed by atoms with Crippen LogP contribution in [-0.4, -0.2) is 36.3 Å². The van der Waals surface area contributed by atoms with E-state index in [0.29, 0.717) is 18.4 Å². The molecule has 0 bridgehead atoms. The fourth-order valence-electron chi connectivity index (χ4n) is 2.51. The molecule has 1 atom stereocenters. The Kier molecular flexibility index (Phi) is 5.95. The van der Waals surface area contributed by atoms with Crippen molar-refractivity contribution in [3.05, 3.63) is 23.8 Å². The molecule has 1 aliphatic rings. The Balaban J connectivity index is 2.65. The van der Waals surface area contributed by atoms with Gasteiger partial charge in [-0.1, -0.05) is 32.1 Å². The number of carbonyl (C=O) groups is 2. The molecule has 4 N–H and O–H groups in total. The Morgan fingerprint density at radius 2 is 1.95 bits per heavy atom. The van der Waals surface area contributed by atoms with E-state index in [0.717, 1.165) is 26.1 Å². The van der Waals surface area contributed by atoms with Gasteiger partial charge < -0.3 is 16.4 Å². The van der Waals surface area contributed by atoms with Crippen LogP contribution in [-0.2, 0) is 9.59 Å². The highest BCUT2D eigenvalue weighted by Crippen LogP contribution is 2.34. The minimum absolute atomic E-state index is 0.340. The number of hydrogen-bond acceptors (Lipinski definition) is 3. The Morgan fingerprint density at radius 3 is 2.35 bits per heavy atom. The molecule has 0 saturated heterocycles. The molecule has 2 amide bonds. The third-order valence-electron chi connectivity index (χ3n) is 4.04. The first kappa shape index (κ1) is 16.4. The molecule has 0 aromatic carbocycles. The monoisotopic (exact) mass is 279 g/mol. The van der Waals surface area contributed by atoms with Gasteiger partial charge in [0.15, 0.2) is 0 Å². The van der Waals surface area contributed by atoms with Crippen molar-refractivity contribution in [3.8, 4) is 0 Å². The van der Waals surface area contributed by atoms with Crippen LogP contribution in [0.2, 0.25) is 0 Å². The molecular formula is C15H25N3O2. The Labute approximate surface area is 120 Å². The standard InChI is InChI=1S/C15H25N3O2/c1-3-18(4-2)11-5-8-15(14(17)20)9-6-12(7-10-15)13(16)19/h6-7,9H,3-5,8,10-11H2,1-2H3,(H2,16,19)(H2,17,20). The summed E-state index contributed by atoms with van der Waals surface area (Å²) in [6.45, 7) is 7.19. The van der Waals surface area contributed by atoms with E-state index in [4.69, 9.17) is 11.5 Å². The van der Waals surface area contributed by atoms with Crippen molar-refractivity contribution in [1.82, 2.24) is 4.90 Å². The van der Waals surface area contributed by atoms with Gasteiger partial charge in [-0.25, -0.2) is 0 Å². The highest BCUT2D eigenvalue weighted by Gasteiger charge is 2.34. The summed E-state index contributed by atoms with van der Waals surface area (Å²) in [5.74, 6) is -0.810. The maximum absolute atomic E-state index is 11.8. The van der Waals surface area contributed by atoms with Crippen LogP contribution in [0.4, 0.5) is 0 Å². The molecule has 0 radical (unpaired) electrons.